The van der Waals surface area contributed by atoms with Crippen LogP contribution in [0.4, 0.5) is 16.4 Å². The number of aromatic nitrogens is 2. The first-order valence-electron chi connectivity index (χ1n) is 6.68. The van der Waals surface area contributed by atoms with Gasteiger partial charge >= 0.3 is 6.09 Å². The van der Waals surface area contributed by atoms with Crippen LogP contribution in [0.1, 0.15) is 20.8 Å². The van der Waals surface area contributed by atoms with Gasteiger partial charge in [0.1, 0.15) is 11.4 Å². The monoisotopic (exact) mass is 302 g/mol. The number of nitrogens with zero attached hydrogens (tertiary/aromatic N) is 2. The Labute approximate surface area is 128 Å². The number of hydrogen-bond donors (Lipinski definition) is 2. The SMILES string of the molecule is CC(C)(C)OC(=O)Nc1cccc(Oc2ccnc(N)n2)c1. The number of nitrogens with one attached hydrogen (secondary N) is 1. The largest absolute Gasteiger partial charge is 0.444 e. The van der Waals surface area contributed by atoms with E-state index in [0.717, 1.165) is 0 Å². The van der Waals surface area contributed by atoms with Crippen LogP contribution in [0, 0.1) is 0 Å². The summed E-state index contributed by atoms with van der Waals surface area (Å²) in [5.74, 6) is 0.953. The third-order valence-corrected chi connectivity index (χ3v) is 2.35. The number of rotatable bonds is 3. The van der Waals surface area contributed by atoms with E-state index >= 15 is 0 Å². The van der Waals surface area contributed by atoms with Gasteiger partial charge < -0.3 is 15.2 Å². The van der Waals surface area contributed by atoms with Crippen molar-refractivity contribution in [3.05, 3.63) is 36.5 Å². The molecule has 1 amide bonds. The van der Waals surface area contributed by atoms with E-state index in [0.29, 0.717) is 17.3 Å². The molecule has 0 fully saturated rings. The summed E-state index contributed by atoms with van der Waals surface area (Å²) in [6.07, 6.45) is 0.969. The third-order valence-electron chi connectivity index (χ3n) is 2.35. The fourth-order valence-electron chi connectivity index (χ4n) is 1.59. The van der Waals surface area contributed by atoms with E-state index in [1.807, 2.05) is 0 Å². The summed E-state index contributed by atoms with van der Waals surface area (Å²) in [4.78, 5) is 19.5. The first-order valence-corrected chi connectivity index (χ1v) is 6.68. The number of benzene rings is 1. The number of anilines is 2. The van der Waals surface area contributed by atoms with Crippen LogP contribution in [-0.4, -0.2) is 21.7 Å². The van der Waals surface area contributed by atoms with E-state index in [1.54, 1.807) is 51.1 Å². The third kappa shape index (κ3) is 4.93. The quantitative estimate of drug-likeness (QED) is 0.903. The lowest BCUT2D eigenvalue weighted by Crippen LogP contribution is -2.27. The Kier molecular flexibility index (Phi) is 4.45. The molecule has 22 heavy (non-hydrogen) atoms. The van der Waals surface area contributed by atoms with Gasteiger partial charge in [-0.1, -0.05) is 6.07 Å². The Balaban J connectivity index is 2.05. The molecule has 1 heterocycles. The first kappa shape index (κ1) is 15.6. The van der Waals surface area contributed by atoms with Gasteiger partial charge in [-0.3, -0.25) is 5.32 Å². The van der Waals surface area contributed by atoms with Crippen LogP contribution in [0.15, 0.2) is 36.5 Å². The Hall–Kier alpha value is -2.83. The molecule has 0 aliphatic carbocycles. The Morgan fingerprint density at radius 3 is 2.73 bits per heavy atom. The molecule has 0 radical (unpaired) electrons. The van der Waals surface area contributed by atoms with E-state index in [9.17, 15) is 4.79 Å². The van der Waals surface area contributed by atoms with Crippen molar-refractivity contribution in [2.24, 2.45) is 0 Å². The molecule has 3 N–H and O–H groups in total. The number of carbonyl (C=O) groups is 1. The number of hydrogen-bond acceptors (Lipinski definition) is 6. The maximum atomic E-state index is 11.7. The zero-order valence-corrected chi connectivity index (χ0v) is 12.7. The van der Waals surface area contributed by atoms with Crippen LogP contribution < -0.4 is 15.8 Å². The van der Waals surface area contributed by atoms with Gasteiger partial charge in [-0.25, -0.2) is 9.78 Å². The summed E-state index contributed by atoms with van der Waals surface area (Å²) >= 11 is 0. The van der Waals surface area contributed by atoms with Crippen LogP contribution in [0.25, 0.3) is 0 Å². The second-order valence-electron chi connectivity index (χ2n) is 5.51. The van der Waals surface area contributed by atoms with Crippen molar-refractivity contribution < 1.29 is 14.3 Å². The molecule has 7 heteroatoms. The highest BCUT2D eigenvalue weighted by Crippen LogP contribution is 2.23. The molecule has 0 saturated heterocycles. The van der Waals surface area contributed by atoms with Crippen molar-refractivity contribution >= 4 is 17.7 Å². The first-order chi connectivity index (χ1) is 10.3. The molecule has 2 aromatic rings. The normalized spacial score (nSPS) is 10.9. The van der Waals surface area contributed by atoms with E-state index in [4.69, 9.17) is 15.2 Å². The lowest BCUT2D eigenvalue weighted by Gasteiger charge is -2.19. The maximum Gasteiger partial charge on any atom is 0.412 e. The maximum absolute atomic E-state index is 11.7. The van der Waals surface area contributed by atoms with Crippen LogP contribution in [0.2, 0.25) is 0 Å². The molecule has 0 atom stereocenters. The summed E-state index contributed by atoms with van der Waals surface area (Å²) in [6.45, 7) is 5.39. The van der Waals surface area contributed by atoms with Crippen molar-refractivity contribution in [2.75, 3.05) is 11.1 Å². The Bertz CT molecular complexity index is 668. The number of amides is 1. The molecular weight excluding hydrogens is 284 g/mol. The van der Waals surface area contributed by atoms with Gasteiger partial charge in [0.2, 0.25) is 11.8 Å². The van der Waals surface area contributed by atoms with Gasteiger partial charge in [0.15, 0.2) is 0 Å². The minimum atomic E-state index is -0.559. The van der Waals surface area contributed by atoms with Crippen molar-refractivity contribution in [1.82, 2.24) is 9.97 Å². The van der Waals surface area contributed by atoms with Crippen molar-refractivity contribution in [2.45, 2.75) is 26.4 Å². The Morgan fingerprint density at radius 1 is 1.27 bits per heavy atom. The summed E-state index contributed by atoms with van der Waals surface area (Å²) in [7, 11) is 0. The van der Waals surface area contributed by atoms with Gasteiger partial charge in [0.25, 0.3) is 0 Å². The number of carbonyl (C=O) groups excluding carboxylic acids is 1. The highest BCUT2D eigenvalue weighted by molar-refractivity contribution is 5.85. The molecule has 0 aliphatic rings. The average Bonchev–Trinajstić information content (AvgIpc) is 2.36. The van der Waals surface area contributed by atoms with Gasteiger partial charge in [-0.05, 0) is 32.9 Å². The summed E-state index contributed by atoms with van der Waals surface area (Å²) in [5, 5.41) is 2.64. The number of ether oxygens (including phenoxy) is 2. The lowest BCUT2D eigenvalue weighted by atomic mass is 10.2. The zero-order valence-electron chi connectivity index (χ0n) is 12.7. The van der Waals surface area contributed by atoms with E-state index in [-0.39, 0.29) is 5.95 Å². The van der Waals surface area contributed by atoms with Crippen molar-refractivity contribution in [1.29, 1.82) is 0 Å². The topological polar surface area (TPSA) is 99.4 Å². The van der Waals surface area contributed by atoms with Gasteiger partial charge in [0.05, 0.1) is 0 Å². The molecule has 0 bridgehead atoms. The van der Waals surface area contributed by atoms with E-state index in [1.165, 1.54) is 6.20 Å². The van der Waals surface area contributed by atoms with Crippen LogP contribution in [-0.2, 0) is 4.74 Å². The number of nitrogen functional groups attached to an aromatic ring is 1. The van der Waals surface area contributed by atoms with Crippen LogP contribution in [0.5, 0.6) is 11.6 Å². The zero-order chi connectivity index (χ0) is 16.2. The van der Waals surface area contributed by atoms with Crippen molar-refractivity contribution in [3.8, 4) is 11.6 Å². The molecule has 1 aromatic carbocycles. The second kappa shape index (κ2) is 6.30. The molecule has 1 aromatic heterocycles. The average molecular weight is 302 g/mol. The van der Waals surface area contributed by atoms with Gasteiger partial charge in [0, 0.05) is 24.0 Å². The van der Waals surface area contributed by atoms with Gasteiger partial charge in [-0.15, -0.1) is 0 Å². The number of nitrogens with two attached hydrogens (primary N) is 1. The fraction of sp³-hybridized carbons (Fsp3) is 0.267. The Morgan fingerprint density at radius 2 is 2.05 bits per heavy atom. The van der Waals surface area contributed by atoms with Crippen LogP contribution >= 0.6 is 0 Å². The molecular formula is C15H18N4O3. The van der Waals surface area contributed by atoms with Crippen LogP contribution in [0.3, 0.4) is 0 Å². The fourth-order valence-corrected chi connectivity index (χ4v) is 1.59. The molecule has 0 spiro atoms. The molecule has 0 aliphatic heterocycles. The highest BCUT2D eigenvalue weighted by atomic mass is 16.6. The smallest absolute Gasteiger partial charge is 0.412 e. The standard InChI is InChI=1S/C15H18N4O3/c1-15(2,3)22-14(20)18-10-5-4-6-11(9-10)21-12-7-8-17-13(16)19-12/h4-9H,1-3H3,(H,18,20)(H2,16,17,19). The summed E-state index contributed by atoms with van der Waals surface area (Å²) in [5.41, 5.74) is 5.48. The minimum absolute atomic E-state index is 0.125. The lowest BCUT2D eigenvalue weighted by molar-refractivity contribution is 0.0636. The van der Waals surface area contributed by atoms with E-state index in [2.05, 4.69) is 15.3 Å². The predicted molar refractivity (Wildman–Crippen MR) is 82.8 cm³/mol. The molecule has 0 unspecified atom stereocenters. The minimum Gasteiger partial charge on any atom is -0.444 e. The van der Waals surface area contributed by atoms with E-state index < -0.39 is 11.7 Å². The predicted octanol–water partition coefficient (Wildman–Crippen LogP) is 3.20. The second-order valence-corrected chi connectivity index (χ2v) is 5.51. The van der Waals surface area contributed by atoms with Gasteiger partial charge in [-0.2, -0.15) is 4.98 Å². The molecule has 116 valence electrons. The highest BCUT2D eigenvalue weighted by Gasteiger charge is 2.16. The summed E-state index contributed by atoms with van der Waals surface area (Å²) in [6, 6.07) is 8.45. The molecule has 7 nitrogen and oxygen atoms in total. The van der Waals surface area contributed by atoms with Crippen molar-refractivity contribution in [3.63, 3.8) is 0 Å². The molecule has 0 saturated carbocycles. The summed E-state index contributed by atoms with van der Waals surface area (Å²) < 4.78 is 10.7. The molecule has 2 rings (SSSR count).